The maximum atomic E-state index is 13.1. The number of phenolic OH excluding ortho intramolecular Hbond substituents is 1. The first-order valence-electron chi connectivity index (χ1n) is 9.63. The third kappa shape index (κ3) is 2.15. The molecule has 4 aliphatic rings. The summed E-state index contributed by atoms with van der Waals surface area (Å²) in [6.07, 6.45) is 4.26. The number of rotatable bonds is 1. The molecule has 3 heterocycles. The quantitative estimate of drug-likeness (QED) is 0.768. The Kier molecular flexibility index (Phi) is 3.48. The van der Waals surface area contributed by atoms with E-state index in [1.54, 1.807) is 6.07 Å². The number of piperidine rings is 2. The molecule has 0 radical (unpaired) electrons. The van der Waals surface area contributed by atoms with E-state index in [1.807, 2.05) is 48.5 Å². The highest BCUT2D eigenvalue weighted by Gasteiger charge is 2.68. The molecule has 136 valence electrons. The van der Waals surface area contributed by atoms with Crippen molar-refractivity contribution in [3.05, 3.63) is 60.2 Å². The van der Waals surface area contributed by atoms with Crippen molar-refractivity contribution in [1.29, 1.82) is 0 Å². The number of phenols is 1. The summed E-state index contributed by atoms with van der Waals surface area (Å²) in [5.74, 6) is 7.26. The van der Waals surface area contributed by atoms with Crippen LogP contribution in [0.5, 0.6) is 5.75 Å². The molecule has 2 aromatic carbocycles. The van der Waals surface area contributed by atoms with Crippen LogP contribution >= 0.6 is 0 Å². The van der Waals surface area contributed by atoms with E-state index in [0.29, 0.717) is 0 Å². The monoisotopic (exact) mass is 358 g/mol. The van der Waals surface area contributed by atoms with Crippen LogP contribution in [0.25, 0.3) is 0 Å². The molecule has 2 aromatic rings. The molecule has 4 nitrogen and oxygen atoms in total. The minimum atomic E-state index is -0.576. The maximum absolute atomic E-state index is 13.1. The van der Waals surface area contributed by atoms with Crippen molar-refractivity contribution >= 4 is 11.6 Å². The van der Waals surface area contributed by atoms with Gasteiger partial charge in [0.05, 0.1) is 11.1 Å². The van der Waals surface area contributed by atoms with E-state index in [9.17, 15) is 9.90 Å². The molecule has 1 saturated carbocycles. The van der Waals surface area contributed by atoms with E-state index in [0.717, 1.165) is 43.4 Å². The van der Waals surface area contributed by atoms with Crippen LogP contribution in [0.1, 0.15) is 37.7 Å². The SMILES string of the molecule is O=C1N[C@H]2CC[C@@]13CCC[C@]3(C#Cc1ccccc1)N2c1ccccc1O. The fourth-order valence-electron chi connectivity index (χ4n) is 5.37. The Balaban J connectivity index is 1.71. The van der Waals surface area contributed by atoms with Crippen LogP contribution < -0.4 is 10.2 Å². The van der Waals surface area contributed by atoms with Crippen LogP contribution in [0.2, 0.25) is 0 Å². The molecule has 3 saturated heterocycles. The van der Waals surface area contributed by atoms with Crippen molar-refractivity contribution in [3.8, 4) is 17.6 Å². The molecule has 4 fully saturated rings. The number of nitrogens with zero attached hydrogens (tertiary/aromatic N) is 1. The van der Waals surface area contributed by atoms with Crippen LogP contribution in [0.4, 0.5) is 5.69 Å². The summed E-state index contributed by atoms with van der Waals surface area (Å²) in [6, 6.07) is 17.3. The number of hydrogen-bond acceptors (Lipinski definition) is 3. The molecule has 0 unspecified atom stereocenters. The molecule has 1 spiro atoms. The van der Waals surface area contributed by atoms with Gasteiger partial charge in [-0.15, -0.1) is 0 Å². The molecule has 3 atom stereocenters. The predicted octanol–water partition coefficient (Wildman–Crippen LogP) is 3.41. The highest BCUT2D eigenvalue weighted by atomic mass is 16.3. The van der Waals surface area contributed by atoms with Gasteiger partial charge in [-0.1, -0.05) is 42.2 Å². The summed E-state index contributed by atoms with van der Waals surface area (Å²) < 4.78 is 0. The molecule has 1 amide bonds. The van der Waals surface area contributed by atoms with Crippen LogP contribution in [-0.2, 0) is 4.79 Å². The Morgan fingerprint density at radius 2 is 1.81 bits per heavy atom. The fourth-order valence-corrected chi connectivity index (χ4v) is 5.37. The molecule has 1 aliphatic carbocycles. The van der Waals surface area contributed by atoms with Crippen LogP contribution in [0, 0.1) is 17.3 Å². The molecule has 2 N–H and O–H groups in total. The molecule has 4 heteroatoms. The van der Waals surface area contributed by atoms with E-state index in [-0.39, 0.29) is 17.8 Å². The zero-order valence-electron chi connectivity index (χ0n) is 15.1. The van der Waals surface area contributed by atoms with Crippen LogP contribution in [-0.4, -0.2) is 22.7 Å². The number of fused-ring (bicyclic) bond motifs is 2. The summed E-state index contributed by atoms with van der Waals surface area (Å²) >= 11 is 0. The highest BCUT2D eigenvalue weighted by molar-refractivity contribution is 5.91. The third-order valence-electron chi connectivity index (χ3n) is 6.56. The van der Waals surface area contributed by atoms with Gasteiger partial charge in [0.1, 0.15) is 17.5 Å². The lowest BCUT2D eigenvalue weighted by Crippen LogP contribution is -2.77. The fraction of sp³-hybridized carbons (Fsp3) is 0.348. The summed E-state index contributed by atoms with van der Waals surface area (Å²) in [6.45, 7) is 0. The van der Waals surface area contributed by atoms with Gasteiger partial charge in [0.25, 0.3) is 0 Å². The molecule has 0 aromatic heterocycles. The van der Waals surface area contributed by atoms with E-state index < -0.39 is 11.0 Å². The Hall–Kier alpha value is -2.93. The van der Waals surface area contributed by atoms with Crippen molar-refractivity contribution in [3.63, 3.8) is 0 Å². The predicted molar refractivity (Wildman–Crippen MR) is 104 cm³/mol. The normalized spacial score (nSPS) is 31.0. The molecule has 3 aliphatic heterocycles. The molecule has 6 rings (SSSR count). The second-order valence-electron chi connectivity index (χ2n) is 7.80. The largest absolute Gasteiger partial charge is 0.506 e. The summed E-state index contributed by atoms with van der Waals surface area (Å²) in [5.41, 5.74) is 0.627. The third-order valence-corrected chi connectivity index (χ3v) is 6.56. The van der Waals surface area contributed by atoms with Gasteiger partial charge in [-0.2, -0.15) is 0 Å². The minimum absolute atomic E-state index is 0.129. The molecule has 27 heavy (non-hydrogen) atoms. The van der Waals surface area contributed by atoms with E-state index in [2.05, 4.69) is 22.1 Å². The summed E-state index contributed by atoms with van der Waals surface area (Å²) in [7, 11) is 0. The maximum Gasteiger partial charge on any atom is 0.231 e. The Labute approximate surface area is 159 Å². The number of anilines is 1. The Morgan fingerprint density at radius 3 is 2.59 bits per heavy atom. The lowest BCUT2D eigenvalue weighted by atomic mass is 9.61. The van der Waals surface area contributed by atoms with Gasteiger partial charge >= 0.3 is 0 Å². The van der Waals surface area contributed by atoms with Crippen molar-refractivity contribution in [2.45, 2.75) is 43.8 Å². The lowest BCUT2D eigenvalue weighted by Gasteiger charge is -2.61. The van der Waals surface area contributed by atoms with Crippen molar-refractivity contribution < 1.29 is 9.90 Å². The second-order valence-corrected chi connectivity index (χ2v) is 7.80. The standard InChI is InChI=1S/C23H22N2O2/c26-19-10-5-4-9-18(19)25-20-12-15-22(21(27)24-20)13-6-14-23(22,25)16-11-17-7-2-1-3-8-17/h1-5,7-10,20,26H,6,12-15H2,(H,24,27)/t20-,22+,23-/m1/s1. The van der Waals surface area contributed by atoms with Gasteiger partial charge in [0.15, 0.2) is 0 Å². The van der Waals surface area contributed by atoms with Gasteiger partial charge in [0.2, 0.25) is 5.91 Å². The van der Waals surface area contributed by atoms with E-state index in [1.165, 1.54) is 0 Å². The van der Waals surface area contributed by atoms with E-state index in [4.69, 9.17) is 0 Å². The Bertz CT molecular complexity index is 961. The van der Waals surface area contributed by atoms with Gasteiger partial charge in [0, 0.05) is 5.56 Å². The van der Waals surface area contributed by atoms with Gasteiger partial charge in [-0.3, -0.25) is 4.79 Å². The zero-order chi connectivity index (χ0) is 18.5. The number of carbonyl (C=O) groups is 1. The summed E-state index contributed by atoms with van der Waals surface area (Å²) in [5, 5.41) is 13.8. The second kappa shape index (κ2) is 5.79. The van der Waals surface area contributed by atoms with Gasteiger partial charge < -0.3 is 15.3 Å². The smallest absolute Gasteiger partial charge is 0.231 e. The van der Waals surface area contributed by atoms with E-state index >= 15 is 0 Å². The molecule has 2 bridgehead atoms. The van der Waals surface area contributed by atoms with Crippen LogP contribution in [0.3, 0.4) is 0 Å². The number of carbonyl (C=O) groups excluding carboxylic acids is 1. The topological polar surface area (TPSA) is 52.6 Å². The zero-order valence-corrected chi connectivity index (χ0v) is 15.1. The first kappa shape index (κ1) is 16.3. The number of amides is 1. The van der Waals surface area contributed by atoms with Crippen molar-refractivity contribution in [1.82, 2.24) is 5.32 Å². The van der Waals surface area contributed by atoms with Crippen molar-refractivity contribution in [2.75, 3.05) is 4.90 Å². The summed E-state index contributed by atoms with van der Waals surface area (Å²) in [4.78, 5) is 15.3. The number of nitrogens with one attached hydrogen (secondary N) is 1. The number of aromatic hydroxyl groups is 1. The average Bonchev–Trinajstić information content (AvgIpc) is 3.09. The number of hydrogen-bond donors (Lipinski definition) is 2. The van der Waals surface area contributed by atoms with Gasteiger partial charge in [-0.25, -0.2) is 0 Å². The van der Waals surface area contributed by atoms with Crippen molar-refractivity contribution in [2.24, 2.45) is 5.41 Å². The lowest BCUT2D eigenvalue weighted by molar-refractivity contribution is -0.142. The van der Waals surface area contributed by atoms with Gasteiger partial charge in [-0.05, 0) is 56.4 Å². The molecular formula is C23H22N2O2. The number of para-hydroxylation sites is 2. The Morgan fingerprint density at radius 1 is 1.04 bits per heavy atom. The molecular weight excluding hydrogens is 336 g/mol. The first-order chi connectivity index (χ1) is 13.2. The first-order valence-corrected chi connectivity index (χ1v) is 9.63. The number of benzene rings is 2. The average molecular weight is 358 g/mol. The van der Waals surface area contributed by atoms with Crippen LogP contribution in [0.15, 0.2) is 54.6 Å². The highest BCUT2D eigenvalue weighted by Crippen LogP contribution is 2.60. The minimum Gasteiger partial charge on any atom is -0.506 e.